The van der Waals surface area contributed by atoms with Crippen molar-refractivity contribution < 1.29 is 14.6 Å². The molecule has 0 aliphatic rings. The minimum Gasteiger partial charge on any atom is -0.505 e. The van der Waals surface area contributed by atoms with Gasteiger partial charge >= 0.3 is 0 Å². The summed E-state index contributed by atoms with van der Waals surface area (Å²) < 4.78 is 5.41. The van der Waals surface area contributed by atoms with E-state index in [1.54, 1.807) is 36.4 Å². The second kappa shape index (κ2) is 10.3. The molecule has 0 spiro atoms. The van der Waals surface area contributed by atoms with Crippen molar-refractivity contribution in [2.24, 2.45) is 15.3 Å². The third-order valence-corrected chi connectivity index (χ3v) is 4.97. The van der Waals surface area contributed by atoms with Crippen LogP contribution in [0.3, 0.4) is 0 Å². The van der Waals surface area contributed by atoms with Crippen molar-refractivity contribution in [3.05, 3.63) is 90.0 Å². The zero-order valence-electron chi connectivity index (χ0n) is 18.5. The van der Waals surface area contributed by atoms with Crippen LogP contribution in [-0.2, 0) is 0 Å². The fourth-order valence-corrected chi connectivity index (χ4v) is 3.28. The fraction of sp³-hybridized carbons (Fsp3) is 0.0769. The van der Waals surface area contributed by atoms with Gasteiger partial charge in [0.15, 0.2) is 5.75 Å². The average molecular weight is 454 g/mol. The third kappa shape index (κ3) is 5.18. The van der Waals surface area contributed by atoms with Gasteiger partial charge in [-0.25, -0.2) is 5.43 Å². The van der Waals surface area contributed by atoms with Crippen LogP contribution < -0.4 is 15.9 Å². The number of nitrogen functional groups attached to an aromatic ring is 1. The molecule has 0 heterocycles. The number of carbonyl (C=O) groups is 1. The number of phenols is 1. The number of hydrazone groups is 1. The third-order valence-electron chi connectivity index (χ3n) is 4.97. The summed E-state index contributed by atoms with van der Waals surface area (Å²) >= 11 is 0. The Morgan fingerprint density at radius 2 is 1.76 bits per heavy atom. The predicted molar refractivity (Wildman–Crippen MR) is 133 cm³/mol. The first-order chi connectivity index (χ1) is 16.5. The van der Waals surface area contributed by atoms with E-state index in [2.05, 4.69) is 20.8 Å². The smallest absolute Gasteiger partial charge is 0.275 e. The van der Waals surface area contributed by atoms with E-state index in [0.717, 1.165) is 16.7 Å². The maximum Gasteiger partial charge on any atom is 0.275 e. The highest BCUT2D eigenvalue weighted by atomic mass is 16.5. The van der Waals surface area contributed by atoms with Crippen LogP contribution in [0.5, 0.6) is 11.5 Å². The summed E-state index contributed by atoms with van der Waals surface area (Å²) in [5.74, 6) is -0.105. The van der Waals surface area contributed by atoms with Crippen LogP contribution in [-0.4, -0.2) is 23.8 Å². The Morgan fingerprint density at radius 3 is 2.50 bits per heavy atom. The summed E-state index contributed by atoms with van der Waals surface area (Å²) in [5.41, 5.74) is 10.3. The lowest BCUT2D eigenvalue weighted by Crippen LogP contribution is -2.17. The standard InChI is InChI=1S/C26H23N5O3/c1-2-34-21-13-7-17(8-14-21)16-28-31-26(33)23-15-18-5-3-4-6-22(18)24(25(23)32)30-29-20-11-9-19(27)10-12-20/h3-16,32H,2,27H2,1H3,(H,31,33)/b28-16-,30-29?. The largest absolute Gasteiger partial charge is 0.505 e. The molecule has 4 aromatic rings. The van der Waals surface area contributed by atoms with Gasteiger partial charge in [-0.2, -0.15) is 10.2 Å². The molecule has 0 saturated heterocycles. The number of carbonyl (C=O) groups excluding carboxylic acids is 1. The molecule has 0 bridgehead atoms. The van der Waals surface area contributed by atoms with Gasteiger partial charge in [0.05, 0.1) is 24.1 Å². The summed E-state index contributed by atoms with van der Waals surface area (Å²) in [5, 5.41) is 24.7. The number of rotatable bonds is 7. The summed E-state index contributed by atoms with van der Waals surface area (Å²) in [4.78, 5) is 12.8. The van der Waals surface area contributed by atoms with Crippen molar-refractivity contribution in [3.8, 4) is 11.5 Å². The Kier molecular flexibility index (Phi) is 6.78. The Balaban J connectivity index is 1.60. The molecule has 4 N–H and O–H groups in total. The number of anilines is 1. The van der Waals surface area contributed by atoms with Crippen molar-refractivity contribution in [2.45, 2.75) is 6.92 Å². The Bertz CT molecular complexity index is 1360. The van der Waals surface area contributed by atoms with Gasteiger partial charge in [-0.15, -0.1) is 5.11 Å². The zero-order chi connectivity index (χ0) is 23.9. The van der Waals surface area contributed by atoms with Crippen LogP contribution in [0.15, 0.2) is 94.2 Å². The molecule has 34 heavy (non-hydrogen) atoms. The highest BCUT2D eigenvalue weighted by Crippen LogP contribution is 2.39. The van der Waals surface area contributed by atoms with Gasteiger partial charge in [0.1, 0.15) is 11.4 Å². The molecule has 8 nitrogen and oxygen atoms in total. The number of phenolic OH excluding ortho intramolecular Hbond substituents is 1. The molecule has 0 aliphatic heterocycles. The molecule has 1 amide bonds. The minimum absolute atomic E-state index is 0.0359. The summed E-state index contributed by atoms with van der Waals surface area (Å²) in [7, 11) is 0. The van der Waals surface area contributed by atoms with Crippen molar-refractivity contribution in [1.29, 1.82) is 0 Å². The number of azo groups is 1. The van der Waals surface area contributed by atoms with Gasteiger partial charge in [-0.3, -0.25) is 4.79 Å². The number of nitrogens with one attached hydrogen (secondary N) is 1. The van der Waals surface area contributed by atoms with E-state index in [1.807, 2.05) is 49.4 Å². The van der Waals surface area contributed by atoms with E-state index in [0.29, 0.717) is 23.4 Å². The van der Waals surface area contributed by atoms with E-state index in [-0.39, 0.29) is 17.0 Å². The van der Waals surface area contributed by atoms with E-state index in [9.17, 15) is 9.90 Å². The highest BCUT2D eigenvalue weighted by molar-refractivity contribution is 6.06. The van der Waals surface area contributed by atoms with E-state index >= 15 is 0 Å². The van der Waals surface area contributed by atoms with Crippen molar-refractivity contribution in [3.63, 3.8) is 0 Å². The van der Waals surface area contributed by atoms with Gasteiger partial charge in [0, 0.05) is 11.1 Å². The van der Waals surface area contributed by atoms with E-state index in [4.69, 9.17) is 10.5 Å². The lowest BCUT2D eigenvalue weighted by molar-refractivity contribution is 0.0952. The molecule has 0 fully saturated rings. The molecule has 170 valence electrons. The fourth-order valence-electron chi connectivity index (χ4n) is 3.28. The van der Waals surface area contributed by atoms with Crippen LogP contribution in [0.25, 0.3) is 10.8 Å². The van der Waals surface area contributed by atoms with Gasteiger partial charge in [0.25, 0.3) is 5.91 Å². The monoisotopic (exact) mass is 453 g/mol. The predicted octanol–water partition coefficient (Wildman–Crippen LogP) is 5.71. The Hall–Kier alpha value is -4.72. The first-order valence-corrected chi connectivity index (χ1v) is 10.6. The number of benzene rings is 4. The molecule has 0 aromatic heterocycles. The number of ether oxygens (including phenoxy) is 1. The first-order valence-electron chi connectivity index (χ1n) is 10.6. The van der Waals surface area contributed by atoms with Crippen LogP contribution in [0, 0.1) is 0 Å². The number of hydrogen-bond donors (Lipinski definition) is 3. The van der Waals surface area contributed by atoms with Crippen LogP contribution >= 0.6 is 0 Å². The van der Waals surface area contributed by atoms with Gasteiger partial charge in [-0.05, 0) is 72.5 Å². The van der Waals surface area contributed by atoms with Crippen molar-refractivity contribution >= 4 is 40.0 Å². The molecule has 0 saturated carbocycles. The number of amides is 1. The average Bonchev–Trinajstić information content (AvgIpc) is 2.85. The van der Waals surface area contributed by atoms with Gasteiger partial charge in [-0.1, -0.05) is 24.3 Å². The minimum atomic E-state index is -0.575. The van der Waals surface area contributed by atoms with Crippen molar-refractivity contribution in [2.75, 3.05) is 12.3 Å². The molecule has 4 aromatic carbocycles. The van der Waals surface area contributed by atoms with E-state index in [1.165, 1.54) is 6.21 Å². The molecule has 0 radical (unpaired) electrons. The number of aromatic hydroxyl groups is 1. The summed E-state index contributed by atoms with van der Waals surface area (Å²) in [6.07, 6.45) is 1.51. The zero-order valence-corrected chi connectivity index (χ0v) is 18.5. The lowest BCUT2D eigenvalue weighted by Gasteiger charge is -2.09. The SMILES string of the molecule is CCOc1ccc(/C=N\NC(=O)c2cc3ccccc3c(N=Nc3ccc(N)cc3)c2O)cc1. The molecule has 0 aliphatic carbocycles. The van der Waals surface area contributed by atoms with Gasteiger partial charge < -0.3 is 15.6 Å². The summed E-state index contributed by atoms with van der Waals surface area (Å²) in [6, 6.07) is 23.0. The number of fused-ring (bicyclic) bond motifs is 1. The van der Waals surface area contributed by atoms with Crippen LogP contribution in [0.4, 0.5) is 17.1 Å². The molecular weight excluding hydrogens is 430 g/mol. The molecule has 8 heteroatoms. The van der Waals surface area contributed by atoms with Crippen LogP contribution in [0.1, 0.15) is 22.8 Å². The lowest BCUT2D eigenvalue weighted by atomic mass is 10.0. The second-order valence-electron chi connectivity index (χ2n) is 7.34. The van der Waals surface area contributed by atoms with Crippen LogP contribution in [0.2, 0.25) is 0 Å². The highest BCUT2D eigenvalue weighted by Gasteiger charge is 2.18. The van der Waals surface area contributed by atoms with E-state index < -0.39 is 5.91 Å². The summed E-state index contributed by atoms with van der Waals surface area (Å²) in [6.45, 7) is 2.50. The molecule has 0 atom stereocenters. The normalized spacial score (nSPS) is 11.3. The molecular formula is C26H23N5O3. The Labute approximate surface area is 196 Å². The molecule has 4 rings (SSSR count). The molecule has 0 unspecified atom stereocenters. The number of nitrogens with zero attached hydrogens (tertiary/aromatic N) is 3. The number of nitrogens with two attached hydrogens (primary N) is 1. The second-order valence-corrected chi connectivity index (χ2v) is 7.34. The maximum atomic E-state index is 12.8. The maximum absolute atomic E-state index is 12.8. The van der Waals surface area contributed by atoms with Crippen molar-refractivity contribution in [1.82, 2.24) is 5.43 Å². The Morgan fingerprint density at radius 1 is 1.03 bits per heavy atom. The quantitative estimate of drug-likeness (QED) is 0.144. The topological polar surface area (TPSA) is 122 Å². The van der Waals surface area contributed by atoms with Gasteiger partial charge in [0.2, 0.25) is 0 Å². The first kappa shape index (κ1) is 22.5. The number of hydrogen-bond acceptors (Lipinski definition) is 7.